The maximum absolute atomic E-state index is 5.23. The first-order valence-corrected chi connectivity index (χ1v) is 6.99. The van der Waals surface area contributed by atoms with Crippen LogP contribution in [0.4, 0.5) is 5.82 Å². The van der Waals surface area contributed by atoms with Gasteiger partial charge >= 0.3 is 0 Å². The van der Waals surface area contributed by atoms with Crippen LogP contribution in [-0.2, 0) is 0 Å². The van der Waals surface area contributed by atoms with Gasteiger partial charge < -0.3 is 14.2 Å². The van der Waals surface area contributed by atoms with E-state index in [9.17, 15) is 0 Å². The van der Waals surface area contributed by atoms with Crippen molar-refractivity contribution in [1.29, 1.82) is 0 Å². The molecule has 0 unspecified atom stereocenters. The van der Waals surface area contributed by atoms with E-state index in [0.717, 1.165) is 28.1 Å². The van der Waals surface area contributed by atoms with E-state index in [-0.39, 0.29) is 0 Å². The van der Waals surface area contributed by atoms with E-state index >= 15 is 0 Å². The van der Waals surface area contributed by atoms with Crippen LogP contribution in [0.1, 0.15) is 5.76 Å². The number of fused-ring (bicyclic) bond motifs is 3. The van der Waals surface area contributed by atoms with Crippen molar-refractivity contribution in [3.63, 3.8) is 0 Å². The van der Waals surface area contributed by atoms with Crippen LogP contribution in [0.25, 0.3) is 22.6 Å². The average molecular weight is 290 g/mol. The van der Waals surface area contributed by atoms with E-state index in [1.54, 1.807) is 12.5 Å². The number of para-hydroxylation sites is 2. The van der Waals surface area contributed by atoms with Crippen LogP contribution in [-0.4, -0.2) is 9.38 Å². The Kier molecular flexibility index (Phi) is 3.01. The molecule has 0 aliphatic rings. The van der Waals surface area contributed by atoms with Gasteiger partial charge in [-0.15, -0.1) is 0 Å². The number of hydrogen-bond donors (Lipinski definition) is 2. The monoisotopic (exact) mass is 290 g/mol. The van der Waals surface area contributed by atoms with Crippen molar-refractivity contribution in [2.75, 3.05) is 5.43 Å². The van der Waals surface area contributed by atoms with Crippen LogP contribution >= 0.6 is 0 Å². The first-order valence-electron chi connectivity index (χ1n) is 6.99. The number of furan rings is 1. The molecule has 5 heteroatoms. The summed E-state index contributed by atoms with van der Waals surface area (Å²) in [4.78, 5) is 4.66. The predicted molar refractivity (Wildman–Crippen MR) is 87.2 cm³/mol. The minimum Gasteiger partial charge on any atom is -0.465 e. The molecule has 5 nitrogen and oxygen atoms in total. The summed E-state index contributed by atoms with van der Waals surface area (Å²) in [5.74, 6) is 1.56. The van der Waals surface area contributed by atoms with Crippen LogP contribution in [0.2, 0.25) is 0 Å². The zero-order chi connectivity index (χ0) is 14.8. The highest BCUT2D eigenvalue weighted by atomic mass is 16.3. The third-order valence-electron chi connectivity index (χ3n) is 3.43. The van der Waals surface area contributed by atoms with Crippen molar-refractivity contribution in [2.24, 2.45) is 0 Å². The summed E-state index contributed by atoms with van der Waals surface area (Å²) >= 11 is 0. The summed E-state index contributed by atoms with van der Waals surface area (Å²) in [7, 11) is 0. The lowest BCUT2D eigenvalue weighted by molar-refractivity contribution is 0.556. The molecule has 0 bridgehead atoms. The molecule has 0 atom stereocenters. The number of nitrogens with zero attached hydrogens (tertiary/aromatic N) is 2. The summed E-state index contributed by atoms with van der Waals surface area (Å²) < 4.78 is 7.34. The zero-order valence-corrected chi connectivity index (χ0v) is 11.7. The molecule has 0 radical (unpaired) electrons. The van der Waals surface area contributed by atoms with Crippen molar-refractivity contribution in [2.45, 2.75) is 0 Å². The topological polar surface area (TPSA) is 54.5 Å². The minimum absolute atomic E-state index is 0.771. The lowest BCUT2D eigenvalue weighted by Crippen LogP contribution is -2.16. The Morgan fingerprint density at radius 2 is 1.91 bits per heavy atom. The van der Waals surface area contributed by atoms with Gasteiger partial charge in [-0.1, -0.05) is 12.1 Å². The maximum atomic E-state index is 5.23. The fourth-order valence-electron chi connectivity index (χ4n) is 2.44. The van der Waals surface area contributed by atoms with Gasteiger partial charge in [-0.3, -0.25) is 5.43 Å². The number of hydrogen-bond acceptors (Lipinski definition) is 4. The van der Waals surface area contributed by atoms with Crippen LogP contribution in [0.3, 0.4) is 0 Å². The summed E-state index contributed by atoms with van der Waals surface area (Å²) in [5.41, 5.74) is 9.17. The molecular formula is C17H14N4O. The first kappa shape index (κ1) is 12.5. The van der Waals surface area contributed by atoms with Gasteiger partial charge in [0.2, 0.25) is 0 Å². The van der Waals surface area contributed by atoms with Crippen LogP contribution in [0, 0.1) is 0 Å². The van der Waals surface area contributed by atoms with Gasteiger partial charge in [-0.05, 0) is 42.5 Å². The van der Waals surface area contributed by atoms with Crippen molar-refractivity contribution in [3.05, 3.63) is 73.0 Å². The molecule has 1 aromatic carbocycles. The molecule has 3 heterocycles. The van der Waals surface area contributed by atoms with Gasteiger partial charge in [0.05, 0.1) is 22.8 Å². The highest BCUT2D eigenvalue weighted by molar-refractivity contribution is 5.84. The quantitative estimate of drug-likeness (QED) is 0.563. The first-order chi connectivity index (χ1) is 10.9. The fourth-order valence-corrected chi connectivity index (χ4v) is 2.44. The Morgan fingerprint density at radius 3 is 2.82 bits per heavy atom. The number of benzene rings is 1. The van der Waals surface area contributed by atoms with E-state index in [2.05, 4.69) is 26.3 Å². The van der Waals surface area contributed by atoms with Gasteiger partial charge in [0, 0.05) is 12.4 Å². The molecule has 0 saturated heterocycles. The van der Waals surface area contributed by atoms with Gasteiger partial charge in [-0.25, -0.2) is 4.98 Å². The second-order valence-electron chi connectivity index (χ2n) is 4.83. The molecule has 108 valence electrons. The highest BCUT2D eigenvalue weighted by Gasteiger charge is 2.06. The van der Waals surface area contributed by atoms with E-state index in [0.29, 0.717) is 0 Å². The zero-order valence-electron chi connectivity index (χ0n) is 11.7. The Bertz CT molecular complexity index is 938. The number of hydrazine groups is 1. The third-order valence-corrected chi connectivity index (χ3v) is 3.43. The molecular weight excluding hydrogens is 276 g/mol. The molecule has 2 N–H and O–H groups in total. The molecule has 0 amide bonds. The minimum atomic E-state index is 0.771. The van der Waals surface area contributed by atoms with Crippen molar-refractivity contribution >= 4 is 28.4 Å². The molecule has 0 aliphatic heterocycles. The molecule has 0 spiro atoms. The third kappa shape index (κ3) is 2.18. The highest BCUT2D eigenvalue weighted by Crippen LogP contribution is 2.21. The SMILES string of the molecule is C(=C\c1ccco1)/NNc1nc2ccccc2n2cccc12. The van der Waals surface area contributed by atoms with Crippen LogP contribution in [0.5, 0.6) is 0 Å². The standard InChI is InChI=1S/C17H14N4O/c1-2-7-15-14(6-1)19-17(16-8-3-11-21(15)16)20-18-10-9-13-5-4-12-22-13/h1-12,18H,(H,19,20)/b10-9+. The van der Waals surface area contributed by atoms with Crippen LogP contribution < -0.4 is 10.9 Å². The van der Waals surface area contributed by atoms with E-state index in [1.807, 2.05) is 54.7 Å². The molecule has 4 rings (SSSR count). The lowest BCUT2D eigenvalue weighted by Gasteiger charge is -2.10. The molecule has 22 heavy (non-hydrogen) atoms. The summed E-state index contributed by atoms with van der Waals surface area (Å²) in [5, 5.41) is 0. The van der Waals surface area contributed by atoms with Gasteiger partial charge in [0.15, 0.2) is 5.82 Å². The molecule has 3 aromatic heterocycles. The summed E-state index contributed by atoms with van der Waals surface area (Å²) in [6, 6.07) is 15.8. The second-order valence-corrected chi connectivity index (χ2v) is 4.83. The molecule has 0 saturated carbocycles. The van der Waals surface area contributed by atoms with Gasteiger partial charge in [0.25, 0.3) is 0 Å². The number of rotatable bonds is 4. The predicted octanol–water partition coefficient (Wildman–Crippen LogP) is 3.67. The Morgan fingerprint density at radius 1 is 1.00 bits per heavy atom. The Balaban J connectivity index is 1.64. The fraction of sp³-hybridized carbons (Fsp3) is 0. The number of nitrogens with one attached hydrogen (secondary N) is 2. The maximum Gasteiger partial charge on any atom is 0.169 e. The number of anilines is 1. The van der Waals surface area contributed by atoms with Gasteiger partial charge in [-0.2, -0.15) is 0 Å². The summed E-state index contributed by atoms with van der Waals surface area (Å²) in [6.45, 7) is 0. The van der Waals surface area contributed by atoms with E-state index < -0.39 is 0 Å². The largest absolute Gasteiger partial charge is 0.465 e. The van der Waals surface area contributed by atoms with Gasteiger partial charge in [0.1, 0.15) is 5.76 Å². The average Bonchev–Trinajstić information content (AvgIpc) is 3.23. The second kappa shape index (κ2) is 5.29. The molecule has 0 aliphatic carbocycles. The Labute approximate surface area is 126 Å². The molecule has 0 fully saturated rings. The van der Waals surface area contributed by atoms with E-state index in [1.165, 1.54) is 0 Å². The number of aromatic nitrogens is 2. The smallest absolute Gasteiger partial charge is 0.169 e. The molecule has 4 aromatic rings. The van der Waals surface area contributed by atoms with Crippen molar-refractivity contribution in [3.8, 4) is 0 Å². The van der Waals surface area contributed by atoms with Crippen molar-refractivity contribution < 1.29 is 4.42 Å². The Hall–Kier alpha value is -3.21. The van der Waals surface area contributed by atoms with E-state index in [4.69, 9.17) is 4.42 Å². The lowest BCUT2D eigenvalue weighted by atomic mass is 10.3. The van der Waals surface area contributed by atoms with Crippen LogP contribution in [0.15, 0.2) is 71.6 Å². The van der Waals surface area contributed by atoms with Crippen molar-refractivity contribution in [1.82, 2.24) is 14.8 Å². The normalized spacial score (nSPS) is 11.5. The summed E-state index contributed by atoms with van der Waals surface area (Å²) in [6.07, 6.45) is 7.28.